The number of carbonyl (C=O) groups excluding carboxylic acids is 2. The smallest absolute Gasteiger partial charge is 0.410 e. The van der Waals surface area contributed by atoms with Crippen LogP contribution >= 0.6 is 0 Å². The molecule has 8 nitrogen and oxygen atoms in total. The summed E-state index contributed by atoms with van der Waals surface area (Å²) in [6, 6.07) is 9.85. The first-order valence-electron chi connectivity index (χ1n) is 14.1. The fourth-order valence-corrected chi connectivity index (χ4v) is 5.63. The topological polar surface area (TPSA) is 65.6 Å². The average molecular weight is 515 g/mol. The Bertz CT molecular complexity index is 850. The number of carbonyl (C=O) groups is 2. The monoisotopic (exact) mass is 514 g/mol. The molecule has 0 bridgehead atoms. The van der Waals surface area contributed by atoms with Crippen LogP contribution in [-0.4, -0.2) is 103 Å². The molecule has 2 amide bonds. The first kappa shape index (κ1) is 27.7. The summed E-state index contributed by atoms with van der Waals surface area (Å²) >= 11 is 0. The second-order valence-corrected chi connectivity index (χ2v) is 12.0. The third kappa shape index (κ3) is 8.88. The lowest BCUT2D eigenvalue weighted by Crippen LogP contribution is -2.50. The van der Waals surface area contributed by atoms with Crippen molar-refractivity contribution in [2.45, 2.75) is 58.7 Å². The molecule has 0 spiro atoms. The van der Waals surface area contributed by atoms with Gasteiger partial charge in [0.05, 0.1) is 0 Å². The van der Waals surface area contributed by atoms with Crippen molar-refractivity contribution in [1.29, 1.82) is 0 Å². The Hall–Kier alpha value is -2.32. The van der Waals surface area contributed by atoms with Crippen LogP contribution < -0.4 is 0 Å². The molecule has 3 saturated heterocycles. The molecule has 1 aromatic carbocycles. The minimum Gasteiger partial charge on any atom is -0.445 e. The van der Waals surface area contributed by atoms with Crippen LogP contribution in [0.25, 0.3) is 0 Å². The summed E-state index contributed by atoms with van der Waals surface area (Å²) in [6.45, 7) is 15.7. The van der Waals surface area contributed by atoms with Crippen LogP contribution in [0.5, 0.6) is 0 Å². The zero-order valence-corrected chi connectivity index (χ0v) is 23.1. The third-order valence-electron chi connectivity index (χ3n) is 7.84. The van der Waals surface area contributed by atoms with Gasteiger partial charge >= 0.3 is 12.2 Å². The van der Waals surface area contributed by atoms with Gasteiger partial charge in [0.25, 0.3) is 0 Å². The van der Waals surface area contributed by atoms with Crippen LogP contribution in [0.3, 0.4) is 0 Å². The summed E-state index contributed by atoms with van der Waals surface area (Å²) in [6.07, 6.45) is 4.26. The molecule has 3 fully saturated rings. The molecule has 206 valence electrons. The minimum absolute atomic E-state index is 0.170. The standard InChI is InChI=1S/C29H46N4O4/c1-29(2,3)37-28(35)32-15-11-25(12-16-32)21-30-13-9-24(10-14-30)22-31-17-19-33(20-18-31)27(34)36-23-26-7-5-4-6-8-26/h4-8,24-25H,9-23H2,1-3H3. The van der Waals surface area contributed by atoms with Gasteiger partial charge in [-0.3, -0.25) is 4.90 Å². The van der Waals surface area contributed by atoms with Crippen LogP contribution in [0.2, 0.25) is 0 Å². The fraction of sp³-hybridized carbons (Fsp3) is 0.724. The highest BCUT2D eigenvalue weighted by molar-refractivity contribution is 5.68. The quantitative estimate of drug-likeness (QED) is 0.564. The van der Waals surface area contributed by atoms with Crippen molar-refractivity contribution in [3.8, 4) is 0 Å². The second-order valence-electron chi connectivity index (χ2n) is 12.0. The Labute approximate surface area is 222 Å². The van der Waals surface area contributed by atoms with E-state index in [-0.39, 0.29) is 12.2 Å². The lowest BCUT2D eigenvalue weighted by Gasteiger charge is -2.40. The predicted octanol–water partition coefficient (Wildman–Crippen LogP) is 4.30. The lowest BCUT2D eigenvalue weighted by atomic mass is 9.92. The number of ether oxygens (including phenoxy) is 2. The average Bonchev–Trinajstić information content (AvgIpc) is 2.89. The number of hydrogen-bond donors (Lipinski definition) is 0. The van der Waals surface area contributed by atoms with Gasteiger partial charge in [-0.25, -0.2) is 9.59 Å². The van der Waals surface area contributed by atoms with Crippen molar-refractivity contribution >= 4 is 12.2 Å². The van der Waals surface area contributed by atoms with Gasteiger partial charge in [0, 0.05) is 52.4 Å². The zero-order chi connectivity index (χ0) is 26.3. The highest BCUT2D eigenvalue weighted by Crippen LogP contribution is 2.24. The Morgan fingerprint density at radius 1 is 0.730 bits per heavy atom. The van der Waals surface area contributed by atoms with E-state index in [1.807, 2.05) is 60.9 Å². The fourth-order valence-electron chi connectivity index (χ4n) is 5.63. The lowest BCUT2D eigenvalue weighted by molar-refractivity contribution is 0.0160. The maximum absolute atomic E-state index is 12.4. The molecule has 0 atom stereocenters. The molecule has 3 heterocycles. The van der Waals surface area contributed by atoms with E-state index in [4.69, 9.17) is 9.47 Å². The van der Waals surface area contributed by atoms with E-state index in [0.29, 0.717) is 12.5 Å². The maximum atomic E-state index is 12.4. The van der Waals surface area contributed by atoms with Crippen molar-refractivity contribution in [3.63, 3.8) is 0 Å². The van der Waals surface area contributed by atoms with Crippen LogP contribution in [0.15, 0.2) is 30.3 Å². The normalized spacial score (nSPS) is 21.2. The van der Waals surface area contributed by atoms with E-state index in [1.165, 1.54) is 25.9 Å². The number of piperazine rings is 1. The van der Waals surface area contributed by atoms with Gasteiger partial charge in [0.15, 0.2) is 0 Å². The first-order valence-corrected chi connectivity index (χ1v) is 14.1. The van der Waals surface area contributed by atoms with Gasteiger partial charge in [0.2, 0.25) is 0 Å². The summed E-state index contributed by atoms with van der Waals surface area (Å²) < 4.78 is 11.0. The molecule has 37 heavy (non-hydrogen) atoms. The highest BCUT2D eigenvalue weighted by atomic mass is 16.6. The summed E-state index contributed by atoms with van der Waals surface area (Å²) in [5, 5.41) is 0. The van der Waals surface area contributed by atoms with Crippen molar-refractivity contribution in [1.82, 2.24) is 19.6 Å². The summed E-state index contributed by atoms with van der Waals surface area (Å²) in [7, 11) is 0. The molecule has 0 aliphatic carbocycles. The molecule has 0 unspecified atom stereocenters. The van der Waals surface area contributed by atoms with Crippen LogP contribution in [-0.2, 0) is 16.1 Å². The minimum atomic E-state index is -0.430. The molecule has 3 aliphatic rings. The highest BCUT2D eigenvalue weighted by Gasteiger charge is 2.30. The van der Waals surface area contributed by atoms with E-state index in [0.717, 1.165) is 76.7 Å². The second kappa shape index (κ2) is 13.0. The largest absolute Gasteiger partial charge is 0.445 e. The molecule has 0 aromatic heterocycles. The molecule has 4 rings (SSSR count). The Balaban J connectivity index is 1.08. The van der Waals surface area contributed by atoms with E-state index in [1.54, 1.807) is 0 Å². The molecule has 0 radical (unpaired) electrons. The van der Waals surface area contributed by atoms with Crippen LogP contribution in [0, 0.1) is 11.8 Å². The number of likely N-dealkylation sites (tertiary alicyclic amines) is 2. The van der Waals surface area contributed by atoms with Gasteiger partial charge in [-0.2, -0.15) is 0 Å². The number of amides is 2. The Kier molecular flexibility index (Phi) is 9.71. The Morgan fingerprint density at radius 2 is 1.24 bits per heavy atom. The first-order chi connectivity index (χ1) is 17.7. The molecule has 0 saturated carbocycles. The zero-order valence-electron chi connectivity index (χ0n) is 23.1. The number of piperidine rings is 2. The number of benzene rings is 1. The molecular formula is C29H46N4O4. The SMILES string of the molecule is CC(C)(C)OC(=O)N1CCC(CN2CCC(CN3CCN(C(=O)OCc4ccccc4)CC3)CC2)CC1. The predicted molar refractivity (Wildman–Crippen MR) is 144 cm³/mol. The van der Waals surface area contributed by atoms with Crippen molar-refractivity contribution < 1.29 is 19.1 Å². The van der Waals surface area contributed by atoms with Crippen molar-refractivity contribution in [2.24, 2.45) is 11.8 Å². The summed E-state index contributed by atoms with van der Waals surface area (Å²) in [5.74, 6) is 1.41. The molecule has 1 aromatic rings. The summed E-state index contributed by atoms with van der Waals surface area (Å²) in [5.41, 5.74) is 0.590. The van der Waals surface area contributed by atoms with Gasteiger partial charge in [0.1, 0.15) is 12.2 Å². The third-order valence-corrected chi connectivity index (χ3v) is 7.84. The Morgan fingerprint density at radius 3 is 1.81 bits per heavy atom. The van der Waals surface area contributed by atoms with Crippen molar-refractivity contribution in [3.05, 3.63) is 35.9 Å². The van der Waals surface area contributed by atoms with Gasteiger partial charge in [-0.15, -0.1) is 0 Å². The molecular weight excluding hydrogens is 468 g/mol. The van der Waals surface area contributed by atoms with Crippen molar-refractivity contribution in [2.75, 3.05) is 65.4 Å². The van der Waals surface area contributed by atoms with Crippen LogP contribution in [0.1, 0.15) is 52.0 Å². The van der Waals surface area contributed by atoms with E-state index < -0.39 is 5.60 Å². The van der Waals surface area contributed by atoms with Crippen LogP contribution in [0.4, 0.5) is 9.59 Å². The van der Waals surface area contributed by atoms with E-state index in [9.17, 15) is 9.59 Å². The van der Waals surface area contributed by atoms with E-state index in [2.05, 4.69) is 9.80 Å². The number of hydrogen-bond acceptors (Lipinski definition) is 6. The number of rotatable bonds is 6. The number of nitrogens with zero attached hydrogens (tertiary/aromatic N) is 4. The van der Waals surface area contributed by atoms with E-state index >= 15 is 0 Å². The summed E-state index contributed by atoms with van der Waals surface area (Å²) in [4.78, 5) is 33.6. The maximum Gasteiger partial charge on any atom is 0.410 e. The van der Waals surface area contributed by atoms with Gasteiger partial charge in [-0.05, 0) is 76.9 Å². The molecule has 3 aliphatic heterocycles. The molecule has 8 heteroatoms. The molecule has 0 N–H and O–H groups in total. The van der Waals surface area contributed by atoms with Gasteiger partial charge in [-0.1, -0.05) is 30.3 Å². The van der Waals surface area contributed by atoms with Gasteiger partial charge < -0.3 is 24.2 Å².